The molecular formula is C2H4O2Pd. The second kappa shape index (κ2) is 31.6. The van der Waals surface area contributed by atoms with Crippen LogP contribution in [0.25, 0.3) is 0 Å². The van der Waals surface area contributed by atoms with E-state index in [1.165, 1.54) is 0 Å². The van der Waals surface area contributed by atoms with Crippen LogP contribution in [0.3, 0.4) is 0 Å². The van der Waals surface area contributed by atoms with Gasteiger partial charge >= 0.3 is 20.4 Å². The van der Waals surface area contributed by atoms with Crippen molar-refractivity contribution in [1.82, 2.24) is 0 Å². The molecule has 34 valence electrons. The molecule has 0 aromatic carbocycles. The van der Waals surface area contributed by atoms with Crippen LogP contribution in [0.5, 0.6) is 0 Å². The molecule has 0 amide bonds. The molecule has 0 saturated carbocycles. The number of hydrogen-bond donors (Lipinski definition) is 1. The van der Waals surface area contributed by atoms with Crippen molar-refractivity contribution in [2.45, 2.75) is 0 Å². The van der Waals surface area contributed by atoms with Gasteiger partial charge in [0.2, 0.25) is 0 Å². The molecule has 0 aliphatic heterocycles. The van der Waals surface area contributed by atoms with Gasteiger partial charge in [-0.3, -0.25) is 0 Å². The van der Waals surface area contributed by atoms with Crippen LogP contribution in [0.15, 0.2) is 0 Å². The molecular weight excluding hydrogens is 162 g/mol. The zero-order valence-corrected chi connectivity index (χ0v) is 4.23. The third kappa shape index (κ3) is 1070. The molecule has 0 spiro atoms. The van der Waals surface area contributed by atoms with Crippen molar-refractivity contribution in [2.24, 2.45) is 0 Å². The van der Waals surface area contributed by atoms with E-state index in [1.807, 2.05) is 0 Å². The predicted octanol–water partition coefficient (Wildman–Crippen LogP) is 0.0594. The summed E-state index contributed by atoms with van der Waals surface area (Å²) in [7, 11) is 0. The van der Waals surface area contributed by atoms with Gasteiger partial charge in [0, 0.05) is 0 Å². The maximum absolute atomic E-state index is 8.24. The average molecular weight is 166 g/mol. The van der Waals surface area contributed by atoms with E-state index < -0.39 is 0 Å². The van der Waals surface area contributed by atoms with Crippen LogP contribution in [-0.2, 0) is 25.2 Å². The average Bonchev–Trinajstić information content (AvgIpc) is 0.918. The van der Waals surface area contributed by atoms with E-state index in [0.717, 1.165) is 0 Å². The van der Waals surface area contributed by atoms with Crippen molar-refractivity contribution in [1.29, 1.82) is 0 Å². The summed E-state index contributed by atoms with van der Waals surface area (Å²) in [6, 6.07) is 0. The predicted molar refractivity (Wildman–Crippen MR) is 14.7 cm³/mol. The SMILES string of the molecule is O=[C-]O.[CH3-].[Pd+2]. The smallest absolute Gasteiger partial charge is 0.665 e. The Labute approximate surface area is 44.8 Å². The minimum absolute atomic E-state index is 0. The van der Waals surface area contributed by atoms with Crippen molar-refractivity contribution in [3.8, 4) is 0 Å². The first-order chi connectivity index (χ1) is 1.41. The van der Waals surface area contributed by atoms with Crippen molar-refractivity contribution >= 4 is 6.47 Å². The van der Waals surface area contributed by atoms with Gasteiger partial charge in [0.05, 0.1) is 0 Å². The fourth-order valence-corrected chi connectivity index (χ4v) is 0. The Hall–Kier alpha value is 0.132. The molecule has 0 unspecified atom stereocenters. The van der Waals surface area contributed by atoms with E-state index >= 15 is 0 Å². The molecule has 2 nitrogen and oxygen atoms in total. The Morgan fingerprint density at radius 2 is 1.60 bits per heavy atom. The molecule has 0 rings (SSSR count). The fourth-order valence-electron chi connectivity index (χ4n) is 0. The molecule has 1 N–H and O–H groups in total. The molecule has 0 radical (unpaired) electrons. The minimum Gasteiger partial charge on any atom is -0.665 e. The van der Waals surface area contributed by atoms with Gasteiger partial charge in [0.25, 0.3) is 0 Å². The van der Waals surface area contributed by atoms with Gasteiger partial charge < -0.3 is 17.3 Å². The summed E-state index contributed by atoms with van der Waals surface area (Å²) in [6.07, 6.45) is 0. The first-order valence-electron chi connectivity index (χ1n) is 0.428. The molecule has 0 atom stereocenters. The normalized spacial score (nSPS) is 2.40. The van der Waals surface area contributed by atoms with E-state index in [-0.39, 0.29) is 27.8 Å². The van der Waals surface area contributed by atoms with E-state index in [1.54, 1.807) is 0 Å². The molecule has 0 heterocycles. The van der Waals surface area contributed by atoms with Crippen molar-refractivity contribution in [3.05, 3.63) is 7.43 Å². The molecule has 0 aliphatic carbocycles. The molecule has 5 heavy (non-hydrogen) atoms. The van der Waals surface area contributed by atoms with Gasteiger partial charge in [-0.05, 0) is 0 Å². The Bertz CT molecular complexity index is 15.1. The van der Waals surface area contributed by atoms with Crippen LogP contribution in [-0.4, -0.2) is 11.6 Å². The summed E-state index contributed by atoms with van der Waals surface area (Å²) in [5, 5.41) is 6.76. The van der Waals surface area contributed by atoms with Gasteiger partial charge in [0.1, 0.15) is 0 Å². The van der Waals surface area contributed by atoms with Crippen LogP contribution in [0.1, 0.15) is 0 Å². The third-order valence-corrected chi connectivity index (χ3v) is 0. The van der Waals surface area contributed by atoms with E-state index in [2.05, 4.69) is 0 Å². The molecule has 0 aliphatic rings. The summed E-state index contributed by atoms with van der Waals surface area (Å²) in [5.41, 5.74) is 0. The molecule has 0 aromatic heterocycles. The van der Waals surface area contributed by atoms with E-state index in [4.69, 9.17) is 9.90 Å². The molecule has 0 bridgehead atoms. The van der Waals surface area contributed by atoms with Crippen LogP contribution < -0.4 is 0 Å². The van der Waals surface area contributed by atoms with Gasteiger partial charge in [-0.2, -0.15) is 0 Å². The Kier molecular flexibility index (Phi) is 122. The van der Waals surface area contributed by atoms with Crippen LogP contribution in [0, 0.1) is 7.43 Å². The summed E-state index contributed by atoms with van der Waals surface area (Å²) in [4.78, 5) is 8.24. The topological polar surface area (TPSA) is 37.3 Å². The van der Waals surface area contributed by atoms with E-state index in [0.29, 0.717) is 6.47 Å². The first kappa shape index (κ1) is 19.3. The van der Waals surface area contributed by atoms with Crippen LogP contribution in [0.4, 0.5) is 0 Å². The van der Waals surface area contributed by atoms with Gasteiger partial charge in [-0.15, -0.1) is 0 Å². The Balaban J connectivity index is -0.0000000200. The van der Waals surface area contributed by atoms with Crippen molar-refractivity contribution in [2.75, 3.05) is 0 Å². The first-order valence-corrected chi connectivity index (χ1v) is 0.428. The summed E-state index contributed by atoms with van der Waals surface area (Å²) < 4.78 is 0. The zero-order chi connectivity index (χ0) is 2.71. The number of rotatable bonds is 0. The second-order valence-electron chi connectivity index (χ2n) is 0.0913. The monoisotopic (exact) mass is 166 g/mol. The minimum atomic E-state index is 0. The van der Waals surface area contributed by atoms with Crippen molar-refractivity contribution < 1.29 is 30.3 Å². The van der Waals surface area contributed by atoms with Crippen molar-refractivity contribution in [3.63, 3.8) is 0 Å². The quantitative estimate of drug-likeness (QED) is 0.408. The van der Waals surface area contributed by atoms with Gasteiger partial charge in [0.15, 0.2) is 0 Å². The molecule has 0 fully saturated rings. The molecule has 0 saturated heterocycles. The maximum atomic E-state index is 8.24. The number of hydrogen-bond acceptors (Lipinski definition) is 1. The zero-order valence-electron chi connectivity index (χ0n) is 2.67. The number of aliphatic hydroxyl groups excluding tert-OH is 1. The third-order valence-electron chi connectivity index (χ3n) is 0. The molecule has 0 aromatic rings. The summed E-state index contributed by atoms with van der Waals surface area (Å²) in [5.74, 6) is 0. The Morgan fingerprint density at radius 3 is 1.60 bits per heavy atom. The van der Waals surface area contributed by atoms with Gasteiger partial charge in [-0.25, -0.2) is 0 Å². The fraction of sp³-hybridized carbons (Fsp3) is 0. The standard InChI is InChI=1S/CHO2.CH3.Pd/c2-1-3;;/h(H,2,3);1H3;/q2*-1;+2. The molecule has 3 heteroatoms. The summed E-state index contributed by atoms with van der Waals surface area (Å²) in [6.45, 7) is 0.500. The Morgan fingerprint density at radius 1 is 1.60 bits per heavy atom. The van der Waals surface area contributed by atoms with E-state index in [9.17, 15) is 0 Å². The maximum Gasteiger partial charge on any atom is 2.00 e. The summed E-state index contributed by atoms with van der Waals surface area (Å²) >= 11 is 0. The van der Waals surface area contributed by atoms with Crippen LogP contribution in [0.2, 0.25) is 0 Å². The van der Waals surface area contributed by atoms with Gasteiger partial charge in [-0.1, -0.05) is 6.47 Å². The van der Waals surface area contributed by atoms with Crippen LogP contribution >= 0.6 is 0 Å². The largest absolute Gasteiger partial charge is 2.00 e. The second-order valence-corrected chi connectivity index (χ2v) is 0.0913.